The van der Waals surface area contributed by atoms with Gasteiger partial charge in [0.05, 0.1) is 17.0 Å². The van der Waals surface area contributed by atoms with Crippen molar-refractivity contribution in [2.75, 3.05) is 0 Å². The van der Waals surface area contributed by atoms with Crippen LogP contribution in [0.1, 0.15) is 16.4 Å². The zero-order valence-electron chi connectivity index (χ0n) is 12.2. The van der Waals surface area contributed by atoms with Crippen molar-refractivity contribution in [2.24, 2.45) is 5.73 Å². The fourth-order valence-corrected chi connectivity index (χ4v) is 4.50. The summed E-state index contributed by atoms with van der Waals surface area (Å²) >= 11 is 4.88. The summed E-state index contributed by atoms with van der Waals surface area (Å²) in [6, 6.07) is 11.3. The van der Waals surface area contributed by atoms with Gasteiger partial charge in [-0.1, -0.05) is 12.1 Å². The summed E-state index contributed by atoms with van der Waals surface area (Å²) in [5.74, 6) is -0.0842. The highest BCUT2D eigenvalue weighted by molar-refractivity contribution is 9.10. The molecule has 3 N–H and O–H groups in total. The van der Waals surface area contributed by atoms with E-state index in [1.165, 1.54) is 11.3 Å². The zero-order chi connectivity index (χ0) is 16.8. The van der Waals surface area contributed by atoms with E-state index in [4.69, 9.17) is 10.5 Å². The fourth-order valence-electron chi connectivity index (χ4n) is 2.94. The lowest BCUT2D eigenvalue weighted by molar-refractivity contribution is 0.397. The number of allylic oxidation sites excluding steroid dienone is 1. The fraction of sp³-hybridized carbons (Fsp3) is 0.0588. The molecule has 4 rings (SSSR count). The third kappa shape index (κ3) is 2.15. The number of halogens is 1. The molecule has 3 aromatic rings. The molecule has 24 heavy (non-hydrogen) atoms. The Bertz CT molecular complexity index is 1110. The minimum Gasteiger partial charge on any atom is -0.439 e. The van der Waals surface area contributed by atoms with Crippen LogP contribution in [-0.4, -0.2) is 4.98 Å². The number of aromatic amines is 1. The molecule has 7 heteroatoms. The van der Waals surface area contributed by atoms with Gasteiger partial charge in [-0.3, -0.25) is 4.79 Å². The molecule has 118 valence electrons. The van der Waals surface area contributed by atoms with Gasteiger partial charge >= 0.3 is 0 Å². The molecular weight excluding hydrogens is 390 g/mol. The number of ether oxygens (including phenoxy) is 1. The predicted molar refractivity (Wildman–Crippen MR) is 95.9 cm³/mol. The van der Waals surface area contributed by atoms with Crippen LogP contribution < -0.4 is 16.0 Å². The van der Waals surface area contributed by atoms with E-state index in [1.54, 1.807) is 6.07 Å². The Morgan fingerprint density at radius 1 is 1.38 bits per heavy atom. The quantitative estimate of drug-likeness (QED) is 0.653. The third-order valence-corrected chi connectivity index (χ3v) is 5.72. The normalized spacial score (nSPS) is 16.6. The Morgan fingerprint density at radius 2 is 2.17 bits per heavy atom. The predicted octanol–water partition coefficient (Wildman–Crippen LogP) is 3.57. The molecule has 0 aliphatic carbocycles. The molecule has 1 aromatic carbocycles. The Hall–Kier alpha value is -2.56. The molecule has 2 aromatic heterocycles. The van der Waals surface area contributed by atoms with Gasteiger partial charge in [0.25, 0.3) is 5.56 Å². The van der Waals surface area contributed by atoms with E-state index in [2.05, 4.69) is 27.0 Å². The zero-order valence-corrected chi connectivity index (χ0v) is 14.6. The first kappa shape index (κ1) is 15.0. The van der Waals surface area contributed by atoms with Crippen LogP contribution in [0.3, 0.4) is 0 Å². The Morgan fingerprint density at radius 3 is 2.88 bits per heavy atom. The van der Waals surface area contributed by atoms with E-state index in [0.717, 1.165) is 14.7 Å². The topological polar surface area (TPSA) is 91.9 Å². The molecule has 0 spiro atoms. The molecule has 1 aliphatic heterocycles. The molecule has 0 fully saturated rings. The first-order chi connectivity index (χ1) is 11.6. The van der Waals surface area contributed by atoms with Gasteiger partial charge < -0.3 is 15.5 Å². The molecule has 3 heterocycles. The minimum atomic E-state index is -0.539. The highest BCUT2D eigenvalue weighted by Gasteiger charge is 2.35. The Labute approximate surface area is 149 Å². The van der Waals surface area contributed by atoms with Crippen molar-refractivity contribution in [2.45, 2.75) is 5.92 Å². The lowest BCUT2D eigenvalue weighted by atomic mass is 9.88. The number of nitrogens with zero attached hydrogens (tertiary/aromatic N) is 1. The number of aromatic nitrogens is 1. The van der Waals surface area contributed by atoms with Crippen LogP contribution in [0, 0.1) is 11.3 Å². The number of pyridine rings is 1. The molecule has 0 unspecified atom stereocenters. The number of H-pyrrole nitrogens is 1. The number of nitriles is 1. The second kappa shape index (κ2) is 5.51. The van der Waals surface area contributed by atoms with Gasteiger partial charge in [-0.05, 0) is 34.1 Å². The molecule has 0 radical (unpaired) electrons. The first-order valence-corrected chi connectivity index (χ1v) is 8.74. The number of fused-ring (bicyclic) bond motifs is 3. The lowest BCUT2D eigenvalue weighted by Crippen LogP contribution is -2.27. The van der Waals surface area contributed by atoms with E-state index in [0.29, 0.717) is 16.8 Å². The first-order valence-electron chi connectivity index (χ1n) is 7.06. The lowest BCUT2D eigenvalue weighted by Gasteiger charge is -2.25. The highest BCUT2D eigenvalue weighted by Crippen LogP contribution is 2.44. The Balaban J connectivity index is 2.10. The highest BCUT2D eigenvalue weighted by atomic mass is 79.9. The summed E-state index contributed by atoms with van der Waals surface area (Å²) in [6.07, 6.45) is 0. The van der Waals surface area contributed by atoms with Crippen molar-refractivity contribution in [1.82, 2.24) is 4.98 Å². The Kier molecular flexibility index (Phi) is 3.44. The minimum absolute atomic E-state index is 0.0373. The molecule has 0 bridgehead atoms. The van der Waals surface area contributed by atoms with Crippen LogP contribution in [0.2, 0.25) is 0 Å². The van der Waals surface area contributed by atoms with Gasteiger partial charge in [0.1, 0.15) is 17.4 Å². The van der Waals surface area contributed by atoms with Crippen LogP contribution in [0.4, 0.5) is 0 Å². The van der Waals surface area contributed by atoms with Gasteiger partial charge in [0, 0.05) is 20.1 Å². The van der Waals surface area contributed by atoms with Crippen LogP contribution in [0.25, 0.3) is 10.9 Å². The molecule has 5 nitrogen and oxygen atoms in total. The number of hydrogen-bond acceptors (Lipinski definition) is 5. The van der Waals surface area contributed by atoms with E-state index < -0.39 is 5.92 Å². The molecule has 0 saturated heterocycles. The van der Waals surface area contributed by atoms with E-state index in [9.17, 15) is 10.1 Å². The molecular formula is C17H10BrN3O2S. The monoisotopic (exact) mass is 399 g/mol. The smallest absolute Gasteiger partial charge is 0.256 e. The van der Waals surface area contributed by atoms with Crippen LogP contribution in [-0.2, 0) is 0 Å². The summed E-state index contributed by atoms with van der Waals surface area (Å²) in [5, 5.41) is 12.2. The number of nitrogens with one attached hydrogen (secondary N) is 1. The van der Waals surface area contributed by atoms with Crippen LogP contribution >= 0.6 is 27.3 Å². The number of thiophene rings is 1. The van der Waals surface area contributed by atoms with Crippen LogP contribution in [0.15, 0.2) is 56.4 Å². The molecule has 1 aliphatic rings. The maximum absolute atomic E-state index is 12.7. The van der Waals surface area contributed by atoms with Crippen molar-refractivity contribution >= 4 is 38.2 Å². The number of rotatable bonds is 1. The molecule has 1 atom stereocenters. The van der Waals surface area contributed by atoms with Crippen molar-refractivity contribution in [1.29, 1.82) is 5.26 Å². The van der Waals surface area contributed by atoms with Gasteiger partial charge in [0.2, 0.25) is 5.88 Å². The SMILES string of the molecule is N#CC1=C(N)Oc2c(c(=O)[nH]c3ccccc23)[C@H]1c1cc(Br)cs1. The van der Waals surface area contributed by atoms with Gasteiger partial charge in [-0.25, -0.2) is 0 Å². The third-order valence-electron chi connectivity index (χ3n) is 3.96. The van der Waals surface area contributed by atoms with Crippen molar-refractivity contribution in [3.05, 3.63) is 72.4 Å². The summed E-state index contributed by atoms with van der Waals surface area (Å²) in [4.78, 5) is 16.4. The van der Waals surface area contributed by atoms with Crippen molar-refractivity contribution in [3.8, 4) is 11.8 Å². The largest absolute Gasteiger partial charge is 0.439 e. The number of benzene rings is 1. The number of nitrogens with two attached hydrogens (primary N) is 1. The molecule has 0 amide bonds. The maximum atomic E-state index is 12.7. The summed E-state index contributed by atoms with van der Waals surface area (Å²) in [7, 11) is 0. The van der Waals surface area contributed by atoms with E-state index in [-0.39, 0.29) is 17.0 Å². The standard InChI is InChI=1S/C17H10BrN3O2S/c18-8-5-12(24-7-8)13-10(6-19)16(20)23-15-9-3-1-2-4-11(9)21-17(22)14(13)15/h1-5,7,13H,20H2,(H,21,22)/t13-/m1/s1. The van der Waals surface area contributed by atoms with Crippen molar-refractivity contribution in [3.63, 3.8) is 0 Å². The summed E-state index contributed by atoms with van der Waals surface area (Å²) in [5.41, 5.74) is 7.04. The van der Waals surface area contributed by atoms with Gasteiger partial charge in [0.15, 0.2) is 0 Å². The second-order valence-corrected chi connectivity index (χ2v) is 7.19. The molecule has 0 saturated carbocycles. The average Bonchev–Trinajstić information content (AvgIpc) is 3.00. The number of para-hydroxylation sites is 1. The van der Waals surface area contributed by atoms with E-state index in [1.807, 2.05) is 29.6 Å². The van der Waals surface area contributed by atoms with Crippen LogP contribution in [0.5, 0.6) is 5.75 Å². The van der Waals surface area contributed by atoms with Crippen molar-refractivity contribution < 1.29 is 4.74 Å². The van der Waals surface area contributed by atoms with Gasteiger partial charge in [-0.2, -0.15) is 5.26 Å². The maximum Gasteiger partial charge on any atom is 0.256 e. The number of hydrogen-bond donors (Lipinski definition) is 2. The average molecular weight is 400 g/mol. The van der Waals surface area contributed by atoms with E-state index >= 15 is 0 Å². The summed E-state index contributed by atoms with van der Waals surface area (Å²) in [6.45, 7) is 0. The second-order valence-electron chi connectivity index (χ2n) is 5.33. The van der Waals surface area contributed by atoms with Gasteiger partial charge in [-0.15, -0.1) is 11.3 Å². The summed E-state index contributed by atoms with van der Waals surface area (Å²) < 4.78 is 6.59.